The molecule has 0 fully saturated rings. The lowest BCUT2D eigenvalue weighted by Crippen LogP contribution is -2.44. The number of nitrogens with one attached hydrogen (secondary N) is 3. The van der Waals surface area contributed by atoms with Gasteiger partial charge in [-0.3, -0.25) is 4.79 Å². The molecule has 0 saturated heterocycles. The van der Waals surface area contributed by atoms with Gasteiger partial charge in [-0.2, -0.15) is 0 Å². The summed E-state index contributed by atoms with van der Waals surface area (Å²) in [5, 5.41) is 5.56. The first-order chi connectivity index (χ1) is 10.4. The van der Waals surface area contributed by atoms with Crippen molar-refractivity contribution in [2.24, 2.45) is 5.92 Å². The molecule has 0 aromatic carbocycles. The topological polar surface area (TPSA) is 83.2 Å². The van der Waals surface area contributed by atoms with Gasteiger partial charge in [-0.05, 0) is 31.4 Å². The first kappa shape index (κ1) is 18.2. The second-order valence-corrected chi connectivity index (χ2v) is 5.72. The van der Waals surface area contributed by atoms with Crippen LogP contribution in [0.3, 0.4) is 0 Å². The van der Waals surface area contributed by atoms with Crippen LogP contribution in [0.15, 0.2) is 18.3 Å². The highest BCUT2D eigenvalue weighted by Gasteiger charge is 2.16. The molecule has 1 aromatic rings. The van der Waals surface area contributed by atoms with Crippen molar-refractivity contribution >= 4 is 24.2 Å². The van der Waals surface area contributed by atoms with Crippen molar-refractivity contribution in [3.05, 3.63) is 28.5 Å². The summed E-state index contributed by atoms with van der Waals surface area (Å²) >= 11 is 5.08. The summed E-state index contributed by atoms with van der Waals surface area (Å²) in [7, 11) is 0. The Labute approximate surface area is 135 Å². The number of H-pyrrole nitrogens is 1. The van der Waals surface area contributed by atoms with Crippen molar-refractivity contribution in [3.8, 4) is 0 Å². The number of hydrogen-bond acceptors (Lipinski definition) is 4. The van der Waals surface area contributed by atoms with Gasteiger partial charge in [0.05, 0.1) is 12.2 Å². The molecule has 7 heteroatoms. The molecule has 1 aromatic heterocycles. The van der Waals surface area contributed by atoms with E-state index in [-0.39, 0.29) is 11.9 Å². The summed E-state index contributed by atoms with van der Waals surface area (Å²) in [5.41, 5.74) is 0.414. The molecular formula is C15H23N3O3S. The smallest absolute Gasteiger partial charge is 0.407 e. The fraction of sp³-hybridized carbons (Fsp3) is 0.533. The molecule has 0 radical (unpaired) electrons. The summed E-state index contributed by atoms with van der Waals surface area (Å²) in [5.74, 6) is 0.115. The van der Waals surface area contributed by atoms with E-state index in [0.717, 1.165) is 6.42 Å². The normalized spacial score (nSPS) is 11.8. The third-order valence-corrected chi connectivity index (χ3v) is 3.26. The molecule has 0 aliphatic rings. The summed E-state index contributed by atoms with van der Waals surface area (Å²) < 4.78 is 5.27. The summed E-state index contributed by atoms with van der Waals surface area (Å²) in [6, 6.07) is 3.18. The lowest BCUT2D eigenvalue weighted by Gasteiger charge is -2.20. The highest BCUT2D eigenvalue weighted by atomic mass is 32.1. The van der Waals surface area contributed by atoms with E-state index in [4.69, 9.17) is 17.0 Å². The Hall–Kier alpha value is -1.89. The van der Waals surface area contributed by atoms with E-state index in [1.54, 1.807) is 25.3 Å². The number of ether oxygens (including phenoxy) is 1. The Morgan fingerprint density at radius 2 is 2.14 bits per heavy atom. The maximum absolute atomic E-state index is 12.1. The van der Waals surface area contributed by atoms with Crippen molar-refractivity contribution in [1.29, 1.82) is 0 Å². The molecule has 0 bridgehead atoms. The van der Waals surface area contributed by atoms with E-state index < -0.39 is 6.09 Å². The fourth-order valence-electron chi connectivity index (χ4n) is 2.01. The molecular weight excluding hydrogens is 302 g/mol. The number of carbonyl (C=O) groups excluding carboxylic acids is 2. The maximum atomic E-state index is 12.1. The van der Waals surface area contributed by atoms with Crippen LogP contribution in [0.5, 0.6) is 0 Å². The van der Waals surface area contributed by atoms with Crippen LogP contribution in [-0.2, 0) is 4.74 Å². The minimum absolute atomic E-state index is 0.190. The second kappa shape index (κ2) is 9.19. The average Bonchev–Trinajstić information content (AvgIpc) is 2.44. The molecule has 122 valence electrons. The number of aromatic nitrogens is 1. The summed E-state index contributed by atoms with van der Waals surface area (Å²) in [6.07, 6.45) is 1.93. The van der Waals surface area contributed by atoms with Gasteiger partial charge in [-0.1, -0.05) is 26.1 Å². The summed E-state index contributed by atoms with van der Waals surface area (Å²) in [6.45, 7) is 6.48. The molecule has 2 amide bonds. The van der Waals surface area contributed by atoms with Crippen LogP contribution in [0.1, 0.15) is 37.6 Å². The zero-order chi connectivity index (χ0) is 16.5. The number of alkyl carbamates (subject to hydrolysis) is 1. The number of aromatic amines is 1. The molecule has 0 aliphatic heterocycles. The highest BCUT2D eigenvalue weighted by molar-refractivity contribution is 7.71. The fourth-order valence-corrected chi connectivity index (χ4v) is 2.24. The Morgan fingerprint density at radius 1 is 1.41 bits per heavy atom. The Balaban J connectivity index is 2.62. The molecule has 0 saturated carbocycles. The minimum Gasteiger partial charge on any atom is -0.450 e. The van der Waals surface area contributed by atoms with Gasteiger partial charge in [-0.15, -0.1) is 0 Å². The monoisotopic (exact) mass is 325 g/mol. The number of hydrogen-bond donors (Lipinski definition) is 3. The third kappa shape index (κ3) is 6.26. The van der Waals surface area contributed by atoms with E-state index in [0.29, 0.717) is 29.3 Å². The Kier molecular flexibility index (Phi) is 7.59. The quantitative estimate of drug-likeness (QED) is 0.673. The zero-order valence-corrected chi connectivity index (χ0v) is 14.0. The molecule has 3 N–H and O–H groups in total. The predicted molar refractivity (Wildman–Crippen MR) is 87.4 cm³/mol. The Bertz CT molecular complexity index is 557. The second-order valence-electron chi connectivity index (χ2n) is 5.31. The highest BCUT2D eigenvalue weighted by Crippen LogP contribution is 2.05. The number of carbonyl (C=O) groups is 2. The zero-order valence-electron chi connectivity index (χ0n) is 13.1. The van der Waals surface area contributed by atoms with Gasteiger partial charge in [-0.25, -0.2) is 4.79 Å². The molecule has 1 rings (SSSR count). The lowest BCUT2D eigenvalue weighted by molar-refractivity contribution is 0.0943. The van der Waals surface area contributed by atoms with Gasteiger partial charge in [0, 0.05) is 18.8 Å². The van der Waals surface area contributed by atoms with Gasteiger partial charge in [0.25, 0.3) is 5.91 Å². The first-order valence-corrected chi connectivity index (χ1v) is 7.74. The van der Waals surface area contributed by atoms with Crippen LogP contribution in [0.25, 0.3) is 0 Å². The molecule has 1 atom stereocenters. The van der Waals surface area contributed by atoms with Crippen LogP contribution >= 0.6 is 12.2 Å². The van der Waals surface area contributed by atoms with Gasteiger partial charge < -0.3 is 20.4 Å². The number of amides is 2. The Morgan fingerprint density at radius 3 is 2.73 bits per heavy atom. The van der Waals surface area contributed by atoms with Crippen molar-refractivity contribution in [1.82, 2.24) is 15.6 Å². The third-order valence-electron chi connectivity index (χ3n) is 2.93. The van der Waals surface area contributed by atoms with Crippen molar-refractivity contribution < 1.29 is 14.3 Å². The predicted octanol–water partition coefficient (Wildman–Crippen LogP) is 2.63. The maximum Gasteiger partial charge on any atom is 0.407 e. The van der Waals surface area contributed by atoms with Crippen molar-refractivity contribution in [2.45, 2.75) is 33.2 Å². The van der Waals surface area contributed by atoms with E-state index in [1.807, 2.05) is 0 Å². The van der Waals surface area contributed by atoms with E-state index >= 15 is 0 Å². The van der Waals surface area contributed by atoms with Gasteiger partial charge in [0.15, 0.2) is 0 Å². The number of rotatable bonds is 7. The van der Waals surface area contributed by atoms with Crippen LogP contribution in [0, 0.1) is 10.6 Å². The molecule has 1 unspecified atom stereocenters. The lowest BCUT2D eigenvalue weighted by atomic mass is 10.0. The standard InChI is InChI=1S/C15H23N3O3S/c1-4-21-15(20)18-11(8-10(2)3)9-17-13(19)12-6-5-7-16-14(12)22/h5-7,10-11H,4,8-9H2,1-3H3,(H,16,22)(H,17,19)(H,18,20). The van der Waals surface area contributed by atoms with E-state index in [2.05, 4.69) is 29.5 Å². The molecule has 0 aliphatic carbocycles. The molecule has 22 heavy (non-hydrogen) atoms. The molecule has 0 spiro atoms. The van der Waals surface area contributed by atoms with Gasteiger partial charge in [0.1, 0.15) is 4.64 Å². The largest absolute Gasteiger partial charge is 0.450 e. The van der Waals surface area contributed by atoms with Crippen molar-refractivity contribution in [3.63, 3.8) is 0 Å². The van der Waals surface area contributed by atoms with Gasteiger partial charge >= 0.3 is 6.09 Å². The van der Waals surface area contributed by atoms with Crippen LogP contribution in [0.2, 0.25) is 0 Å². The molecule has 6 nitrogen and oxygen atoms in total. The first-order valence-electron chi connectivity index (χ1n) is 7.33. The van der Waals surface area contributed by atoms with Crippen LogP contribution in [-0.4, -0.2) is 36.2 Å². The van der Waals surface area contributed by atoms with Crippen LogP contribution in [0.4, 0.5) is 4.79 Å². The van der Waals surface area contributed by atoms with E-state index in [9.17, 15) is 9.59 Å². The number of pyridine rings is 1. The average molecular weight is 325 g/mol. The SMILES string of the molecule is CCOC(=O)NC(CNC(=O)c1ccc[nH]c1=S)CC(C)C. The summed E-state index contributed by atoms with van der Waals surface area (Å²) in [4.78, 5) is 26.5. The minimum atomic E-state index is -0.473. The van der Waals surface area contributed by atoms with Gasteiger partial charge in [0.2, 0.25) is 0 Å². The van der Waals surface area contributed by atoms with Crippen LogP contribution < -0.4 is 10.6 Å². The van der Waals surface area contributed by atoms with E-state index in [1.165, 1.54) is 0 Å². The van der Waals surface area contributed by atoms with Crippen molar-refractivity contribution in [2.75, 3.05) is 13.2 Å². The molecule has 1 heterocycles.